The number of piperazine rings is 1. The molecule has 0 bridgehead atoms. The molecule has 0 aliphatic carbocycles. The van der Waals surface area contributed by atoms with E-state index in [9.17, 15) is 26.4 Å². The van der Waals surface area contributed by atoms with Crippen LogP contribution in [0.1, 0.15) is 76.1 Å². The number of rotatable bonds is 25. The van der Waals surface area contributed by atoms with Gasteiger partial charge in [-0.25, -0.2) is 8.42 Å². The van der Waals surface area contributed by atoms with Crippen LogP contribution >= 0.6 is 23.4 Å². The van der Waals surface area contributed by atoms with Gasteiger partial charge in [0.05, 0.1) is 28.7 Å². The van der Waals surface area contributed by atoms with Gasteiger partial charge >= 0.3 is 5.51 Å². The molecule has 0 aromatic heterocycles. The van der Waals surface area contributed by atoms with Crippen LogP contribution in [0, 0.1) is 5.41 Å². The number of anilines is 2. The number of nitrogens with zero attached hydrogens (tertiary/aromatic N) is 3. The summed E-state index contributed by atoms with van der Waals surface area (Å²) < 4.78 is 76.6. The Morgan fingerprint density at radius 3 is 2.33 bits per heavy atom. The maximum atomic E-state index is 14.1. The number of amides is 1. The molecule has 2 N–H and O–H groups in total. The quantitative estimate of drug-likeness (QED) is 0.0372. The number of carbonyl (C=O) groups is 1. The molecular formula is C51H67ClF3N5O4S3. The third-order valence-corrected chi connectivity index (χ3v) is 15.4. The molecule has 0 spiro atoms. The molecule has 1 amide bonds. The van der Waals surface area contributed by atoms with Crippen molar-refractivity contribution in [3.8, 4) is 0 Å². The van der Waals surface area contributed by atoms with Gasteiger partial charge in [0.1, 0.15) is 0 Å². The van der Waals surface area contributed by atoms with E-state index in [0.29, 0.717) is 25.4 Å². The van der Waals surface area contributed by atoms with Crippen molar-refractivity contribution in [2.75, 3.05) is 81.5 Å². The number of unbranched alkanes of at least 4 members (excludes halogenated alkanes) is 1. The van der Waals surface area contributed by atoms with Gasteiger partial charge in [-0.2, -0.15) is 13.2 Å². The highest BCUT2D eigenvalue weighted by atomic mass is 35.5. The van der Waals surface area contributed by atoms with E-state index in [1.54, 1.807) is 23.9 Å². The number of alkyl halides is 3. The molecule has 2 saturated heterocycles. The molecule has 2 unspecified atom stereocenters. The Morgan fingerprint density at radius 2 is 1.66 bits per heavy atom. The summed E-state index contributed by atoms with van der Waals surface area (Å²) in [4.78, 5) is 20.7. The minimum Gasteiger partial charge on any atom is -0.380 e. The van der Waals surface area contributed by atoms with E-state index in [-0.39, 0.29) is 27.6 Å². The molecule has 9 nitrogen and oxygen atoms in total. The molecular weight excluding hydrogens is 935 g/mol. The van der Waals surface area contributed by atoms with Crippen molar-refractivity contribution in [1.82, 2.24) is 14.5 Å². The second-order valence-corrected chi connectivity index (χ2v) is 21.8. The van der Waals surface area contributed by atoms with Gasteiger partial charge in [-0.1, -0.05) is 86.5 Å². The fraction of sp³-hybridized carbons (Fsp3) is 0.471. The average molecular weight is 1000 g/mol. The summed E-state index contributed by atoms with van der Waals surface area (Å²) in [5.41, 5.74) is 0.327. The molecule has 5 rings (SSSR count). The van der Waals surface area contributed by atoms with Crippen LogP contribution in [0.25, 0.3) is 0 Å². The van der Waals surface area contributed by atoms with E-state index in [0.717, 1.165) is 108 Å². The van der Waals surface area contributed by atoms with Crippen LogP contribution in [0.4, 0.5) is 24.5 Å². The van der Waals surface area contributed by atoms with Gasteiger partial charge in [0.25, 0.3) is 5.91 Å². The lowest BCUT2D eigenvalue weighted by molar-refractivity contribution is -0.0384. The van der Waals surface area contributed by atoms with Gasteiger partial charge in [0.2, 0.25) is 0 Å². The third-order valence-electron chi connectivity index (χ3n) is 11.8. The first kappa shape index (κ1) is 54.2. The van der Waals surface area contributed by atoms with Crippen molar-refractivity contribution in [3.05, 3.63) is 126 Å². The molecule has 2 heterocycles. The number of nitrogens with one attached hydrogen (secondary N) is 2. The van der Waals surface area contributed by atoms with Crippen molar-refractivity contribution in [1.29, 1.82) is 0 Å². The Kier molecular flexibility index (Phi) is 22.2. The number of halogens is 4. The van der Waals surface area contributed by atoms with E-state index in [4.69, 9.17) is 16.3 Å². The summed E-state index contributed by atoms with van der Waals surface area (Å²) in [6.07, 6.45) is 14.6. The predicted octanol–water partition coefficient (Wildman–Crippen LogP) is 11.4. The Balaban J connectivity index is 1.14. The number of allylic oxidation sites excluding steroid dienone is 5. The molecule has 3 aromatic carbocycles. The number of morpholine rings is 1. The van der Waals surface area contributed by atoms with E-state index < -0.39 is 38.1 Å². The maximum absolute atomic E-state index is 14.1. The standard InChI is InChI=1S/C51H67ClF3N5O4S3/c1-5-13-41(15-12-26-52)14-11-25-50(3,4)37-40(2)38-59-28-30-60(31-29-59)44-21-19-42(20-22-44)49(61)57-67(63)46-23-24-47(48(36-46)66(62)51(53,54)55)56-43(39-65-45-17-7-6-8-18-45)16-9-10-27-58-32-34-64-35-33-58/h5-8,12-13,15,17-24,26,36,43,56H,2,9-11,14,16,25,27-35,37-39H2,1,3-4H3,(H,57,61)/b13-5-,26-12+,41-15+/t43-,66?,67?/m1/s1. The summed E-state index contributed by atoms with van der Waals surface area (Å²) in [7, 11) is -5.67. The largest absolute Gasteiger partial charge is 0.475 e. The first-order chi connectivity index (χ1) is 32.1. The maximum Gasteiger partial charge on any atom is 0.475 e. The lowest BCUT2D eigenvalue weighted by Gasteiger charge is -2.37. The molecule has 2 aliphatic heterocycles. The predicted molar refractivity (Wildman–Crippen MR) is 273 cm³/mol. The molecule has 67 heavy (non-hydrogen) atoms. The minimum absolute atomic E-state index is 0.0471. The molecule has 16 heteroatoms. The first-order valence-corrected chi connectivity index (χ1v) is 26.8. The van der Waals surface area contributed by atoms with Gasteiger partial charge in [0.15, 0.2) is 21.8 Å². The van der Waals surface area contributed by atoms with Crippen LogP contribution in [0.15, 0.2) is 135 Å². The summed E-state index contributed by atoms with van der Waals surface area (Å²) in [6.45, 7) is 19.3. The normalized spacial score (nSPS) is 17.2. The minimum atomic E-state index is -5.06. The molecule has 3 atom stereocenters. The van der Waals surface area contributed by atoms with Crippen LogP contribution in [-0.4, -0.2) is 107 Å². The van der Waals surface area contributed by atoms with Crippen LogP contribution in [0.3, 0.4) is 0 Å². The highest BCUT2D eigenvalue weighted by Gasteiger charge is 2.40. The molecule has 366 valence electrons. The van der Waals surface area contributed by atoms with Crippen LogP contribution in [0.2, 0.25) is 0 Å². The summed E-state index contributed by atoms with van der Waals surface area (Å²) in [5, 5.41) is 3.26. The lowest BCUT2D eigenvalue weighted by atomic mass is 9.80. The summed E-state index contributed by atoms with van der Waals surface area (Å²) in [5.74, 6) is -0.0924. The van der Waals surface area contributed by atoms with Crippen molar-refractivity contribution < 1.29 is 31.1 Å². The zero-order valence-corrected chi connectivity index (χ0v) is 42.2. The number of hydrogen-bond donors (Lipinski definition) is 2. The highest BCUT2D eigenvalue weighted by Crippen LogP contribution is 2.35. The van der Waals surface area contributed by atoms with Gasteiger partial charge in [-0.3, -0.25) is 19.3 Å². The van der Waals surface area contributed by atoms with Crippen LogP contribution in [-0.2, 0) is 26.5 Å². The SMILES string of the molecule is C=C(CN1CCN(c2ccc(C(=O)NS(=O)c3ccc(N[C@H](CCCCN4CCOCC4)CSc4ccccc4)c(S(=O)C(F)(F)F)c3)cc2)CC1)CC(C)(C)CCCC(/C=C\C)=C/C=C/Cl. The highest BCUT2D eigenvalue weighted by molar-refractivity contribution is 7.99. The molecule has 0 radical (unpaired) electrons. The smallest absolute Gasteiger partial charge is 0.380 e. The fourth-order valence-corrected chi connectivity index (χ4v) is 11.2. The van der Waals surface area contributed by atoms with Gasteiger partial charge in [-0.15, -0.1) is 11.8 Å². The van der Waals surface area contributed by atoms with E-state index in [1.807, 2.05) is 55.5 Å². The van der Waals surface area contributed by atoms with Gasteiger partial charge < -0.3 is 15.0 Å². The molecule has 0 saturated carbocycles. The van der Waals surface area contributed by atoms with Crippen molar-refractivity contribution in [3.63, 3.8) is 0 Å². The summed E-state index contributed by atoms with van der Waals surface area (Å²) in [6, 6.07) is 20.3. The van der Waals surface area contributed by atoms with E-state index in [2.05, 4.69) is 63.4 Å². The zero-order chi connectivity index (χ0) is 48.2. The molecule has 2 fully saturated rings. The third kappa shape index (κ3) is 18.6. The average Bonchev–Trinajstić information content (AvgIpc) is 3.31. The monoisotopic (exact) mass is 1000 g/mol. The topological polar surface area (TPSA) is 94.2 Å². The first-order valence-electron chi connectivity index (χ1n) is 23.1. The Morgan fingerprint density at radius 1 is 0.940 bits per heavy atom. The second kappa shape index (κ2) is 27.5. The fourth-order valence-electron chi connectivity index (χ4n) is 8.39. The zero-order valence-electron chi connectivity index (χ0n) is 39.0. The number of ether oxygens (including phenoxy) is 1. The second-order valence-electron chi connectivity index (χ2n) is 17.8. The van der Waals surface area contributed by atoms with Crippen molar-refractivity contribution in [2.24, 2.45) is 5.41 Å². The van der Waals surface area contributed by atoms with Crippen LogP contribution in [0.5, 0.6) is 0 Å². The molecule has 3 aromatic rings. The number of thioether (sulfide) groups is 1. The number of hydrogen-bond acceptors (Lipinski definition) is 9. The van der Waals surface area contributed by atoms with Crippen molar-refractivity contribution >= 4 is 62.4 Å². The van der Waals surface area contributed by atoms with Gasteiger partial charge in [-0.05, 0) is 118 Å². The van der Waals surface area contributed by atoms with E-state index in [1.165, 1.54) is 28.8 Å². The Bertz CT molecular complexity index is 2180. The van der Waals surface area contributed by atoms with Gasteiger partial charge in [0, 0.05) is 79.3 Å². The molecule has 2 aliphatic rings. The van der Waals surface area contributed by atoms with Crippen LogP contribution < -0.4 is 14.9 Å². The van der Waals surface area contributed by atoms with E-state index >= 15 is 0 Å². The summed E-state index contributed by atoms with van der Waals surface area (Å²) >= 11 is 7.31. The van der Waals surface area contributed by atoms with Crippen molar-refractivity contribution in [2.45, 2.75) is 92.0 Å². The lowest BCUT2D eigenvalue weighted by Crippen LogP contribution is -2.47. The Labute approximate surface area is 410 Å². The Hall–Kier alpha value is -3.70. The number of carbonyl (C=O) groups excluding carboxylic acids is 1. The number of benzene rings is 3.